The fourth-order valence-corrected chi connectivity index (χ4v) is 4.28. The smallest absolute Gasteiger partial charge is 0.251 e. The molecule has 1 aliphatic carbocycles. The van der Waals surface area contributed by atoms with Crippen molar-refractivity contribution in [3.05, 3.63) is 89.2 Å². The lowest BCUT2D eigenvalue weighted by Crippen LogP contribution is -2.38. The number of pyridine rings is 1. The average Bonchev–Trinajstić information content (AvgIpc) is 3.23. The van der Waals surface area contributed by atoms with E-state index in [9.17, 15) is 4.79 Å². The molecule has 0 saturated carbocycles. The Balaban J connectivity index is 1.33. The highest BCUT2D eigenvalue weighted by molar-refractivity contribution is 5.94. The van der Waals surface area contributed by atoms with Crippen LogP contribution in [0, 0.1) is 0 Å². The van der Waals surface area contributed by atoms with Crippen molar-refractivity contribution in [2.24, 2.45) is 0 Å². The SMILES string of the molecule is COc1ccc(Cn2ncc3c4c(cnc32)CC(NC(=O)c2ccccc2)CC4)cc1. The summed E-state index contributed by atoms with van der Waals surface area (Å²) in [7, 11) is 1.67. The van der Waals surface area contributed by atoms with E-state index < -0.39 is 0 Å². The largest absolute Gasteiger partial charge is 0.497 e. The number of aryl methyl sites for hydroxylation is 1. The van der Waals surface area contributed by atoms with Gasteiger partial charge in [0.15, 0.2) is 5.65 Å². The summed E-state index contributed by atoms with van der Waals surface area (Å²) in [6.45, 7) is 0.662. The predicted octanol–water partition coefficient (Wildman–Crippen LogP) is 3.78. The van der Waals surface area contributed by atoms with Crippen LogP contribution in [0.4, 0.5) is 0 Å². The van der Waals surface area contributed by atoms with Crippen molar-refractivity contribution in [1.29, 1.82) is 0 Å². The van der Waals surface area contributed by atoms with Gasteiger partial charge >= 0.3 is 0 Å². The molecule has 0 fully saturated rings. The lowest BCUT2D eigenvalue weighted by Gasteiger charge is -2.25. The molecule has 1 amide bonds. The van der Waals surface area contributed by atoms with Crippen molar-refractivity contribution in [1.82, 2.24) is 20.1 Å². The van der Waals surface area contributed by atoms with Crippen molar-refractivity contribution in [2.75, 3.05) is 7.11 Å². The Morgan fingerprint density at radius 2 is 1.94 bits per heavy atom. The molecule has 2 heterocycles. The van der Waals surface area contributed by atoms with Gasteiger partial charge in [0.1, 0.15) is 5.75 Å². The average molecular weight is 412 g/mol. The number of aromatic nitrogens is 3. The van der Waals surface area contributed by atoms with Crippen molar-refractivity contribution >= 4 is 16.9 Å². The van der Waals surface area contributed by atoms with E-state index in [1.54, 1.807) is 7.11 Å². The van der Waals surface area contributed by atoms with Gasteiger partial charge in [0.05, 0.1) is 19.9 Å². The summed E-state index contributed by atoms with van der Waals surface area (Å²) in [5.74, 6) is 0.825. The molecule has 2 aromatic heterocycles. The van der Waals surface area contributed by atoms with Gasteiger partial charge in [0, 0.05) is 23.2 Å². The first kappa shape index (κ1) is 19.3. The number of carbonyl (C=O) groups is 1. The predicted molar refractivity (Wildman–Crippen MR) is 119 cm³/mol. The third-order valence-corrected chi connectivity index (χ3v) is 5.94. The summed E-state index contributed by atoms with van der Waals surface area (Å²) < 4.78 is 7.18. The summed E-state index contributed by atoms with van der Waals surface area (Å²) in [5, 5.41) is 8.89. The summed E-state index contributed by atoms with van der Waals surface area (Å²) in [4.78, 5) is 17.2. The van der Waals surface area contributed by atoms with E-state index in [0.29, 0.717) is 12.1 Å². The van der Waals surface area contributed by atoms with Gasteiger partial charge in [-0.3, -0.25) is 4.79 Å². The third-order valence-electron chi connectivity index (χ3n) is 5.94. The molecule has 6 heteroatoms. The molecule has 0 radical (unpaired) electrons. The Bertz CT molecular complexity index is 1220. The van der Waals surface area contributed by atoms with E-state index >= 15 is 0 Å². The van der Waals surface area contributed by atoms with Gasteiger partial charge in [-0.1, -0.05) is 30.3 Å². The first-order valence-corrected chi connectivity index (χ1v) is 10.5. The molecular formula is C25H24N4O2. The number of methoxy groups -OCH3 is 1. The number of hydrogen-bond donors (Lipinski definition) is 1. The van der Waals surface area contributed by atoms with Gasteiger partial charge in [-0.05, 0) is 60.2 Å². The summed E-state index contributed by atoms with van der Waals surface area (Å²) >= 11 is 0. The Morgan fingerprint density at radius 1 is 1.13 bits per heavy atom. The Hall–Kier alpha value is -3.67. The molecule has 4 aromatic rings. The summed E-state index contributed by atoms with van der Waals surface area (Å²) in [6, 6.07) is 17.5. The van der Waals surface area contributed by atoms with E-state index in [-0.39, 0.29) is 11.9 Å². The Kier molecular flexibility index (Phi) is 5.12. The Labute approximate surface area is 180 Å². The second-order valence-electron chi connectivity index (χ2n) is 7.93. The van der Waals surface area contributed by atoms with Gasteiger partial charge in [-0.2, -0.15) is 5.10 Å². The molecule has 156 valence electrons. The maximum atomic E-state index is 12.5. The number of benzene rings is 2. The van der Waals surface area contributed by atoms with Crippen molar-refractivity contribution in [2.45, 2.75) is 31.8 Å². The molecule has 2 aromatic carbocycles. The number of rotatable bonds is 5. The third kappa shape index (κ3) is 3.89. The first-order valence-electron chi connectivity index (χ1n) is 10.5. The minimum atomic E-state index is -0.0181. The van der Waals surface area contributed by atoms with Crippen LogP contribution in [0.1, 0.15) is 33.5 Å². The minimum absolute atomic E-state index is 0.0181. The second-order valence-corrected chi connectivity index (χ2v) is 7.93. The first-order chi connectivity index (χ1) is 15.2. The molecule has 1 unspecified atom stereocenters. The van der Waals surface area contributed by atoms with Crippen LogP contribution in [-0.4, -0.2) is 33.8 Å². The van der Waals surface area contributed by atoms with E-state index in [0.717, 1.165) is 41.6 Å². The molecule has 1 N–H and O–H groups in total. The zero-order valence-corrected chi connectivity index (χ0v) is 17.4. The standard InChI is InChI=1S/C25H24N4O2/c1-31-21-10-7-17(8-11-21)16-29-24-23(15-27-29)22-12-9-20(13-19(22)14-26-24)28-25(30)18-5-3-2-4-6-18/h2-8,10-11,14-15,20H,9,12-13,16H2,1H3,(H,28,30). The molecule has 31 heavy (non-hydrogen) atoms. The fourth-order valence-electron chi connectivity index (χ4n) is 4.28. The lowest BCUT2D eigenvalue weighted by molar-refractivity contribution is 0.0933. The number of hydrogen-bond acceptors (Lipinski definition) is 4. The van der Waals surface area contributed by atoms with Crippen molar-refractivity contribution in [3.8, 4) is 5.75 Å². The number of fused-ring (bicyclic) bond motifs is 3. The van der Waals surface area contributed by atoms with Crippen LogP contribution in [-0.2, 0) is 19.4 Å². The minimum Gasteiger partial charge on any atom is -0.497 e. The highest BCUT2D eigenvalue weighted by atomic mass is 16.5. The molecule has 1 atom stereocenters. The van der Waals surface area contributed by atoms with Crippen LogP contribution in [0.2, 0.25) is 0 Å². The number of nitrogens with one attached hydrogen (secondary N) is 1. The quantitative estimate of drug-likeness (QED) is 0.542. The van der Waals surface area contributed by atoms with Crippen molar-refractivity contribution in [3.63, 3.8) is 0 Å². The highest BCUT2D eigenvalue weighted by Crippen LogP contribution is 2.28. The highest BCUT2D eigenvalue weighted by Gasteiger charge is 2.24. The molecule has 0 aliphatic heterocycles. The molecule has 6 nitrogen and oxygen atoms in total. The normalized spacial score (nSPS) is 15.5. The van der Waals surface area contributed by atoms with Gasteiger partial charge in [-0.25, -0.2) is 9.67 Å². The van der Waals surface area contributed by atoms with Crippen LogP contribution < -0.4 is 10.1 Å². The second kappa shape index (κ2) is 8.22. The van der Waals surface area contributed by atoms with Crippen molar-refractivity contribution < 1.29 is 9.53 Å². The maximum Gasteiger partial charge on any atom is 0.251 e. The van der Waals surface area contributed by atoms with E-state index in [4.69, 9.17) is 9.72 Å². The topological polar surface area (TPSA) is 69.0 Å². The zero-order chi connectivity index (χ0) is 21.2. The molecule has 0 saturated heterocycles. The van der Waals surface area contributed by atoms with E-state index in [1.807, 2.05) is 71.7 Å². The van der Waals surface area contributed by atoms with Crippen LogP contribution in [0.3, 0.4) is 0 Å². The van der Waals surface area contributed by atoms with E-state index in [2.05, 4.69) is 10.4 Å². The van der Waals surface area contributed by atoms with Crippen LogP contribution in [0.25, 0.3) is 11.0 Å². The summed E-state index contributed by atoms with van der Waals surface area (Å²) in [5.41, 5.74) is 5.24. The molecular weight excluding hydrogens is 388 g/mol. The van der Waals surface area contributed by atoms with Gasteiger partial charge < -0.3 is 10.1 Å². The number of ether oxygens (including phenoxy) is 1. The lowest BCUT2D eigenvalue weighted by atomic mass is 9.88. The van der Waals surface area contributed by atoms with Gasteiger partial charge in [-0.15, -0.1) is 0 Å². The molecule has 1 aliphatic rings. The van der Waals surface area contributed by atoms with Crippen LogP contribution in [0.15, 0.2) is 67.0 Å². The van der Waals surface area contributed by atoms with Gasteiger partial charge in [0.2, 0.25) is 0 Å². The maximum absolute atomic E-state index is 12.5. The molecule has 0 spiro atoms. The number of amides is 1. The van der Waals surface area contributed by atoms with E-state index in [1.165, 1.54) is 11.1 Å². The molecule has 5 rings (SSSR count). The fraction of sp³-hybridized carbons (Fsp3) is 0.240. The van der Waals surface area contributed by atoms with Gasteiger partial charge in [0.25, 0.3) is 5.91 Å². The summed E-state index contributed by atoms with van der Waals surface area (Å²) in [6.07, 6.45) is 6.48. The number of nitrogens with zero attached hydrogens (tertiary/aromatic N) is 3. The monoisotopic (exact) mass is 412 g/mol. The van der Waals surface area contributed by atoms with Crippen LogP contribution in [0.5, 0.6) is 5.75 Å². The van der Waals surface area contributed by atoms with Crippen LogP contribution >= 0.6 is 0 Å². The Morgan fingerprint density at radius 3 is 2.71 bits per heavy atom. The zero-order valence-electron chi connectivity index (χ0n) is 17.4. The number of carbonyl (C=O) groups excluding carboxylic acids is 1. The molecule has 0 bridgehead atoms.